The van der Waals surface area contributed by atoms with Crippen molar-refractivity contribution in [3.05, 3.63) is 35.6 Å². The lowest BCUT2D eigenvalue weighted by Gasteiger charge is -2.29. The summed E-state index contributed by atoms with van der Waals surface area (Å²) in [6.07, 6.45) is -7.93. The topological polar surface area (TPSA) is 60.7 Å². The van der Waals surface area contributed by atoms with E-state index in [9.17, 15) is 41.7 Å². The minimum absolute atomic E-state index is 0.0394. The van der Waals surface area contributed by atoms with Crippen LogP contribution in [0.15, 0.2) is 35.6 Å². The number of aliphatic hydroxyl groups is 3. The van der Waals surface area contributed by atoms with Crippen LogP contribution in [-0.2, 0) is 0 Å². The third-order valence-electron chi connectivity index (χ3n) is 5.57. The Morgan fingerprint density at radius 2 is 1.66 bits per heavy atom. The second kappa shape index (κ2) is 10.3. The van der Waals surface area contributed by atoms with Crippen molar-refractivity contribution in [1.29, 1.82) is 0 Å². The first-order chi connectivity index (χ1) is 14.4. The lowest BCUT2D eigenvalue weighted by atomic mass is 9.83. The molecule has 1 aliphatic rings. The summed E-state index contributed by atoms with van der Waals surface area (Å²) in [5, 5.41) is 29.7. The predicted octanol–water partition coefficient (Wildman–Crippen LogP) is 6.15. The van der Waals surface area contributed by atoms with E-state index < -0.39 is 35.4 Å². The Hall–Kier alpha value is -1.92. The van der Waals surface area contributed by atoms with Gasteiger partial charge in [-0.15, -0.1) is 5.92 Å². The Morgan fingerprint density at radius 3 is 2.19 bits per heavy atom. The van der Waals surface area contributed by atoms with Gasteiger partial charge in [-0.3, -0.25) is 0 Å². The van der Waals surface area contributed by atoms with Gasteiger partial charge >= 0.3 is 12.4 Å². The maximum atomic E-state index is 12.9. The lowest BCUT2D eigenvalue weighted by Crippen LogP contribution is -2.46. The van der Waals surface area contributed by atoms with Crippen LogP contribution in [0.1, 0.15) is 59.3 Å². The van der Waals surface area contributed by atoms with Gasteiger partial charge in [0, 0.05) is 24.8 Å². The zero-order valence-corrected chi connectivity index (χ0v) is 18.4. The first-order valence-corrected chi connectivity index (χ1v) is 10.2. The number of hydrogen-bond donors (Lipinski definition) is 3. The molecule has 3 N–H and O–H groups in total. The van der Waals surface area contributed by atoms with Crippen LogP contribution in [0, 0.1) is 22.7 Å². The molecule has 0 radical (unpaired) electrons. The van der Waals surface area contributed by atoms with Crippen LogP contribution < -0.4 is 0 Å². The summed E-state index contributed by atoms with van der Waals surface area (Å²) in [5.74, 6) is 3.36. The molecule has 0 aromatic heterocycles. The first-order valence-electron chi connectivity index (χ1n) is 10.2. The van der Waals surface area contributed by atoms with Crippen molar-refractivity contribution in [1.82, 2.24) is 0 Å². The van der Waals surface area contributed by atoms with Gasteiger partial charge in [0.25, 0.3) is 0 Å². The Kier molecular flexibility index (Phi) is 9.09. The monoisotopic (exact) mass is 468 g/mol. The van der Waals surface area contributed by atoms with Crippen molar-refractivity contribution in [2.45, 2.75) is 83.9 Å². The molecule has 1 aliphatic carbocycles. The van der Waals surface area contributed by atoms with E-state index in [0.29, 0.717) is 30.4 Å². The zero-order chi connectivity index (χ0) is 25.0. The van der Waals surface area contributed by atoms with E-state index in [0.717, 1.165) is 0 Å². The first kappa shape index (κ1) is 28.1. The highest BCUT2D eigenvalue weighted by atomic mass is 19.4. The second-order valence-electron chi connectivity index (χ2n) is 9.06. The van der Waals surface area contributed by atoms with Crippen molar-refractivity contribution in [3.8, 4) is 11.8 Å². The Morgan fingerprint density at radius 1 is 1.09 bits per heavy atom. The van der Waals surface area contributed by atoms with Gasteiger partial charge in [0.1, 0.15) is 5.76 Å². The molecular weight excluding hydrogens is 438 g/mol. The summed E-state index contributed by atoms with van der Waals surface area (Å²) in [6.45, 7) is 7.17. The van der Waals surface area contributed by atoms with Crippen molar-refractivity contribution >= 4 is 0 Å². The average Bonchev–Trinajstić information content (AvgIpc) is 2.61. The molecule has 0 saturated heterocycles. The number of aliphatic hydroxyl groups excluding tert-OH is 3. The van der Waals surface area contributed by atoms with E-state index >= 15 is 0 Å². The number of hydrogen-bond acceptors (Lipinski definition) is 3. The molecule has 0 bridgehead atoms. The van der Waals surface area contributed by atoms with Gasteiger partial charge in [0.2, 0.25) is 5.41 Å². The molecule has 0 unspecified atom stereocenters. The summed E-state index contributed by atoms with van der Waals surface area (Å²) in [5.41, 5.74) is -3.96. The molecule has 9 heteroatoms. The number of rotatable bonds is 6. The summed E-state index contributed by atoms with van der Waals surface area (Å²) in [7, 11) is 0. The lowest BCUT2D eigenvalue weighted by molar-refractivity contribution is -0.310. The SMILES string of the molecule is C=C1/C(=C(O)/C=C/CCCC(C)(C)CC#CC(C)(C(F)(F)F)C(F)(F)F)C[C@@H](O)C[C@@H]1O. The molecule has 1 rings (SSSR count). The van der Waals surface area contributed by atoms with Crippen molar-refractivity contribution in [2.24, 2.45) is 10.8 Å². The van der Waals surface area contributed by atoms with E-state index in [1.165, 1.54) is 12.0 Å². The third-order valence-corrected chi connectivity index (χ3v) is 5.57. The summed E-state index contributed by atoms with van der Waals surface area (Å²) < 4.78 is 77.3. The molecule has 1 saturated carbocycles. The van der Waals surface area contributed by atoms with E-state index in [-0.39, 0.29) is 31.9 Å². The van der Waals surface area contributed by atoms with Crippen molar-refractivity contribution in [2.75, 3.05) is 0 Å². The van der Waals surface area contributed by atoms with E-state index in [4.69, 9.17) is 0 Å². The van der Waals surface area contributed by atoms with Crippen LogP contribution in [0.25, 0.3) is 0 Å². The van der Waals surface area contributed by atoms with Gasteiger partial charge in [0.05, 0.1) is 12.2 Å². The molecule has 0 spiro atoms. The highest BCUT2D eigenvalue weighted by Crippen LogP contribution is 2.49. The maximum Gasteiger partial charge on any atom is 0.413 e. The molecule has 182 valence electrons. The van der Waals surface area contributed by atoms with Crippen molar-refractivity contribution in [3.63, 3.8) is 0 Å². The van der Waals surface area contributed by atoms with Crippen molar-refractivity contribution < 1.29 is 41.7 Å². The summed E-state index contributed by atoms with van der Waals surface area (Å²) >= 11 is 0. The Bertz CT molecular complexity index is 779. The summed E-state index contributed by atoms with van der Waals surface area (Å²) in [6, 6.07) is 0. The smallest absolute Gasteiger partial charge is 0.413 e. The number of unbranched alkanes of at least 4 members (excludes halogenated alkanes) is 1. The van der Waals surface area contributed by atoms with E-state index in [1.54, 1.807) is 19.9 Å². The fourth-order valence-electron chi connectivity index (χ4n) is 3.17. The van der Waals surface area contributed by atoms with E-state index in [2.05, 4.69) is 12.5 Å². The molecule has 0 aromatic carbocycles. The molecule has 2 atom stereocenters. The number of allylic oxidation sites excluding steroid dienone is 2. The van der Waals surface area contributed by atoms with Crippen LogP contribution in [0.3, 0.4) is 0 Å². The summed E-state index contributed by atoms with van der Waals surface area (Å²) in [4.78, 5) is 0. The predicted molar refractivity (Wildman–Crippen MR) is 109 cm³/mol. The number of alkyl halides is 6. The van der Waals surface area contributed by atoms with Gasteiger partial charge in [-0.1, -0.05) is 32.4 Å². The van der Waals surface area contributed by atoms with E-state index in [1.807, 2.05) is 0 Å². The molecule has 32 heavy (non-hydrogen) atoms. The van der Waals surface area contributed by atoms with Crippen LogP contribution in [-0.4, -0.2) is 39.9 Å². The largest absolute Gasteiger partial charge is 0.508 e. The van der Waals surface area contributed by atoms with Gasteiger partial charge in [0.15, 0.2) is 0 Å². The van der Waals surface area contributed by atoms with Gasteiger partial charge < -0.3 is 15.3 Å². The molecule has 0 aromatic rings. The van der Waals surface area contributed by atoms with Crippen LogP contribution in [0.2, 0.25) is 0 Å². The fourth-order valence-corrected chi connectivity index (χ4v) is 3.17. The molecule has 1 fully saturated rings. The molecule has 3 nitrogen and oxygen atoms in total. The minimum atomic E-state index is -5.53. The third kappa shape index (κ3) is 7.31. The quantitative estimate of drug-likeness (QED) is 0.190. The zero-order valence-electron chi connectivity index (χ0n) is 18.4. The molecular formula is C23H30F6O3. The van der Waals surface area contributed by atoms with Gasteiger partial charge in [-0.05, 0) is 43.3 Å². The molecule has 0 heterocycles. The highest BCUT2D eigenvalue weighted by Gasteiger charge is 2.67. The van der Waals surface area contributed by atoms with Gasteiger partial charge in [-0.2, -0.15) is 26.3 Å². The normalized spacial score (nSPS) is 22.7. The minimum Gasteiger partial charge on any atom is -0.508 e. The molecule has 0 aliphatic heterocycles. The molecule has 0 amide bonds. The number of halogens is 6. The van der Waals surface area contributed by atoms with Crippen LogP contribution in [0.5, 0.6) is 0 Å². The Balaban J connectivity index is 2.68. The Labute approximate surface area is 184 Å². The van der Waals surface area contributed by atoms with Gasteiger partial charge in [-0.25, -0.2) is 0 Å². The maximum absolute atomic E-state index is 12.9. The second-order valence-corrected chi connectivity index (χ2v) is 9.06. The van der Waals surface area contributed by atoms with Crippen LogP contribution in [0.4, 0.5) is 26.3 Å². The highest BCUT2D eigenvalue weighted by molar-refractivity contribution is 5.39. The fraction of sp³-hybridized carbons (Fsp3) is 0.652. The standard InChI is InChI=1S/C23H30F6O3/c1-15-17(13-16(30)14-19(15)32)18(31)9-6-5-7-10-20(2,3)11-8-12-21(4,22(24,25)26)23(27,28)29/h6,9,16,19,30-32H,1,5,7,10-11,13-14H2,2-4H3/b9-6+,18-17-/t16-,19+/m1/s1. The van der Waals surface area contributed by atoms with Crippen LogP contribution >= 0.6 is 0 Å². The average molecular weight is 468 g/mol.